The molecule has 36 heavy (non-hydrogen) atoms. The molecule has 1 unspecified atom stereocenters. The van der Waals surface area contributed by atoms with Crippen LogP contribution in [0.15, 0.2) is 67.0 Å². The van der Waals surface area contributed by atoms with E-state index in [1.165, 1.54) is 6.07 Å². The van der Waals surface area contributed by atoms with Crippen LogP contribution < -0.4 is 25.0 Å². The summed E-state index contributed by atoms with van der Waals surface area (Å²) in [5, 5.41) is 5.34. The zero-order valence-electron chi connectivity index (χ0n) is 19.5. The van der Waals surface area contributed by atoms with Crippen molar-refractivity contribution < 1.29 is 23.5 Å². The molecule has 3 aromatic rings. The molecular formula is C26H26FN5O4. The van der Waals surface area contributed by atoms with Crippen molar-refractivity contribution in [2.45, 2.75) is 6.04 Å². The van der Waals surface area contributed by atoms with Crippen LogP contribution in [0.1, 0.15) is 11.6 Å². The van der Waals surface area contributed by atoms with Crippen LogP contribution in [0.5, 0.6) is 11.5 Å². The number of nitrogens with one attached hydrogen (secondary N) is 2. The second kappa shape index (κ2) is 10.6. The highest BCUT2D eigenvalue weighted by Crippen LogP contribution is 2.34. The highest BCUT2D eigenvalue weighted by atomic mass is 19.1. The molecule has 0 saturated carbocycles. The van der Waals surface area contributed by atoms with Gasteiger partial charge in [0.2, 0.25) is 6.79 Å². The van der Waals surface area contributed by atoms with E-state index in [4.69, 9.17) is 9.47 Å². The Morgan fingerprint density at radius 2 is 1.78 bits per heavy atom. The first-order valence-corrected chi connectivity index (χ1v) is 11.7. The smallest absolute Gasteiger partial charge is 0.313 e. The number of ether oxygens (including phenoxy) is 2. The minimum atomic E-state index is -0.775. The molecule has 2 aliphatic heterocycles. The fourth-order valence-corrected chi connectivity index (χ4v) is 4.45. The topological polar surface area (TPSA) is 96.0 Å². The Kier molecular flexibility index (Phi) is 6.94. The van der Waals surface area contributed by atoms with Gasteiger partial charge in [-0.25, -0.2) is 4.39 Å². The standard InChI is InChI=1S/C26H26FN5O4/c27-20-5-1-2-6-21(20)31-10-12-32(13-11-31)22(18-4-3-9-28-15-18)16-29-25(33)26(34)30-19-7-8-23-24(14-19)36-17-35-23/h1-9,14-15,22H,10-13,16-17H2,(H,29,33)(H,30,34). The van der Waals surface area contributed by atoms with Crippen molar-refractivity contribution in [3.63, 3.8) is 0 Å². The minimum absolute atomic E-state index is 0.123. The number of carbonyl (C=O) groups excluding carboxylic acids is 2. The highest BCUT2D eigenvalue weighted by Gasteiger charge is 2.27. The van der Waals surface area contributed by atoms with Crippen LogP contribution in [0.3, 0.4) is 0 Å². The lowest BCUT2D eigenvalue weighted by Crippen LogP contribution is -2.50. The molecular weight excluding hydrogens is 465 g/mol. The molecule has 0 radical (unpaired) electrons. The van der Waals surface area contributed by atoms with Crippen molar-refractivity contribution in [2.75, 3.05) is 49.7 Å². The molecule has 186 valence electrons. The molecule has 1 atom stereocenters. The Hall–Kier alpha value is -4.18. The zero-order chi connectivity index (χ0) is 24.9. The molecule has 10 heteroatoms. The molecule has 2 amide bonds. The zero-order valence-corrected chi connectivity index (χ0v) is 19.5. The van der Waals surface area contributed by atoms with Crippen LogP contribution in [-0.4, -0.2) is 61.2 Å². The number of fused-ring (bicyclic) bond motifs is 1. The van der Waals surface area contributed by atoms with Crippen molar-refractivity contribution in [2.24, 2.45) is 0 Å². The molecule has 5 rings (SSSR count). The van der Waals surface area contributed by atoms with Gasteiger partial charge in [-0.1, -0.05) is 18.2 Å². The first-order valence-electron chi connectivity index (χ1n) is 11.7. The number of piperazine rings is 1. The maximum Gasteiger partial charge on any atom is 0.313 e. The average molecular weight is 492 g/mol. The van der Waals surface area contributed by atoms with Gasteiger partial charge in [-0.05, 0) is 35.9 Å². The van der Waals surface area contributed by atoms with Gasteiger partial charge >= 0.3 is 11.8 Å². The van der Waals surface area contributed by atoms with Gasteiger partial charge in [0.15, 0.2) is 11.5 Å². The number of aromatic nitrogens is 1. The predicted octanol–water partition coefficient (Wildman–Crippen LogP) is 2.57. The van der Waals surface area contributed by atoms with Crippen molar-refractivity contribution in [1.29, 1.82) is 0 Å². The van der Waals surface area contributed by atoms with Crippen molar-refractivity contribution in [1.82, 2.24) is 15.2 Å². The molecule has 0 aliphatic carbocycles. The number of rotatable bonds is 6. The number of nitrogens with zero attached hydrogens (tertiary/aromatic N) is 3. The third-order valence-electron chi connectivity index (χ3n) is 6.31. The number of carbonyl (C=O) groups is 2. The summed E-state index contributed by atoms with van der Waals surface area (Å²) < 4.78 is 24.8. The predicted molar refractivity (Wildman–Crippen MR) is 131 cm³/mol. The van der Waals surface area contributed by atoms with Gasteiger partial charge in [0.1, 0.15) is 5.82 Å². The largest absolute Gasteiger partial charge is 0.454 e. The molecule has 2 N–H and O–H groups in total. The number of amides is 2. The van der Waals surface area contributed by atoms with Crippen LogP contribution in [0.4, 0.5) is 15.8 Å². The summed E-state index contributed by atoms with van der Waals surface area (Å²) in [5.41, 5.74) is 1.95. The Balaban J connectivity index is 1.21. The number of pyridine rings is 1. The molecule has 9 nitrogen and oxygen atoms in total. The number of para-hydroxylation sites is 1. The number of hydrogen-bond acceptors (Lipinski definition) is 7. The summed E-state index contributed by atoms with van der Waals surface area (Å²) in [5.74, 6) is -0.656. The van der Waals surface area contributed by atoms with E-state index in [2.05, 4.69) is 20.5 Å². The van der Waals surface area contributed by atoms with E-state index in [1.54, 1.807) is 42.7 Å². The first-order chi connectivity index (χ1) is 17.6. The van der Waals surface area contributed by atoms with Crippen LogP contribution in [0.2, 0.25) is 0 Å². The lowest BCUT2D eigenvalue weighted by Gasteiger charge is -2.40. The summed E-state index contributed by atoms with van der Waals surface area (Å²) in [6, 6.07) is 15.3. The van der Waals surface area contributed by atoms with Gasteiger partial charge in [0, 0.05) is 56.9 Å². The lowest BCUT2D eigenvalue weighted by molar-refractivity contribution is -0.136. The summed E-state index contributed by atoms with van der Waals surface area (Å²) in [6.07, 6.45) is 3.45. The number of halogens is 1. The normalized spacial score (nSPS) is 15.9. The van der Waals surface area contributed by atoms with E-state index in [9.17, 15) is 14.0 Å². The van der Waals surface area contributed by atoms with Gasteiger partial charge in [0.25, 0.3) is 0 Å². The Morgan fingerprint density at radius 3 is 2.56 bits per heavy atom. The third kappa shape index (κ3) is 5.23. The number of benzene rings is 2. The molecule has 1 fully saturated rings. The lowest BCUT2D eigenvalue weighted by atomic mass is 10.1. The Labute approximate surface area is 207 Å². The van der Waals surface area contributed by atoms with E-state index in [0.29, 0.717) is 49.1 Å². The van der Waals surface area contributed by atoms with Gasteiger partial charge in [0.05, 0.1) is 11.7 Å². The van der Waals surface area contributed by atoms with Crippen molar-refractivity contribution in [3.05, 3.63) is 78.4 Å². The van der Waals surface area contributed by atoms with Crippen molar-refractivity contribution >= 4 is 23.2 Å². The molecule has 1 saturated heterocycles. The monoisotopic (exact) mass is 491 g/mol. The number of anilines is 2. The molecule has 3 heterocycles. The quantitative estimate of drug-likeness (QED) is 0.512. The maximum absolute atomic E-state index is 14.2. The third-order valence-corrected chi connectivity index (χ3v) is 6.31. The van der Waals surface area contributed by atoms with Gasteiger partial charge < -0.3 is 25.0 Å². The molecule has 2 aromatic carbocycles. The van der Waals surface area contributed by atoms with Crippen LogP contribution in [0.25, 0.3) is 0 Å². The molecule has 2 aliphatic rings. The van der Waals surface area contributed by atoms with Crippen LogP contribution >= 0.6 is 0 Å². The van der Waals surface area contributed by atoms with E-state index in [-0.39, 0.29) is 25.2 Å². The van der Waals surface area contributed by atoms with Gasteiger partial charge in [-0.15, -0.1) is 0 Å². The second-order valence-corrected chi connectivity index (χ2v) is 8.51. The summed E-state index contributed by atoms with van der Waals surface area (Å²) >= 11 is 0. The summed E-state index contributed by atoms with van der Waals surface area (Å²) in [7, 11) is 0. The molecule has 1 aromatic heterocycles. The fourth-order valence-electron chi connectivity index (χ4n) is 4.45. The van der Waals surface area contributed by atoms with E-state index in [1.807, 2.05) is 23.1 Å². The van der Waals surface area contributed by atoms with Gasteiger partial charge in [-0.2, -0.15) is 0 Å². The van der Waals surface area contributed by atoms with Crippen molar-refractivity contribution in [3.8, 4) is 11.5 Å². The van der Waals surface area contributed by atoms with Crippen LogP contribution in [0, 0.1) is 5.82 Å². The summed E-state index contributed by atoms with van der Waals surface area (Å²) in [6.45, 7) is 2.93. The minimum Gasteiger partial charge on any atom is -0.454 e. The fraction of sp³-hybridized carbons (Fsp3) is 0.269. The Morgan fingerprint density at radius 1 is 0.972 bits per heavy atom. The second-order valence-electron chi connectivity index (χ2n) is 8.51. The molecule has 0 spiro atoms. The SMILES string of the molecule is O=C(NCC(c1cccnc1)N1CCN(c2ccccc2F)CC1)C(=O)Nc1ccc2c(c1)OCO2. The Bertz CT molecular complexity index is 1230. The summed E-state index contributed by atoms with van der Waals surface area (Å²) in [4.78, 5) is 33.6. The average Bonchev–Trinajstić information content (AvgIpc) is 3.38. The van der Waals surface area contributed by atoms with E-state index >= 15 is 0 Å². The maximum atomic E-state index is 14.2. The molecule has 0 bridgehead atoms. The first kappa shape index (κ1) is 23.6. The highest BCUT2D eigenvalue weighted by molar-refractivity contribution is 6.39. The van der Waals surface area contributed by atoms with Gasteiger partial charge in [-0.3, -0.25) is 19.5 Å². The van der Waals surface area contributed by atoms with E-state index in [0.717, 1.165) is 5.56 Å². The number of hydrogen-bond donors (Lipinski definition) is 2. The van der Waals surface area contributed by atoms with Crippen LogP contribution in [-0.2, 0) is 9.59 Å². The van der Waals surface area contributed by atoms with E-state index < -0.39 is 11.8 Å².